The number of benzene rings is 2. The van der Waals surface area contributed by atoms with E-state index < -0.39 is 15.7 Å². The summed E-state index contributed by atoms with van der Waals surface area (Å²) >= 11 is 1.28. The maximum atomic E-state index is 12.9. The molecule has 0 saturated carbocycles. The average molecular weight is 459 g/mol. The molecule has 0 spiro atoms. The zero-order chi connectivity index (χ0) is 21.8. The second-order valence-corrected chi connectivity index (χ2v) is 10.9. The molecule has 0 aromatic heterocycles. The van der Waals surface area contributed by atoms with Gasteiger partial charge in [0.1, 0.15) is 0 Å². The molecule has 2 aromatic carbocycles. The lowest BCUT2D eigenvalue weighted by Gasteiger charge is -2.24. The van der Waals surface area contributed by atoms with E-state index in [0.717, 1.165) is 0 Å². The molecular weight excluding hydrogens is 440 g/mol. The molecule has 2 unspecified atom stereocenters. The minimum atomic E-state index is -3.18. The molecule has 2 atom stereocenters. The molecule has 2 aromatic rings. The number of sulfone groups is 1. The monoisotopic (exact) mass is 458 g/mol. The molecule has 10 heteroatoms. The summed E-state index contributed by atoms with van der Waals surface area (Å²) in [4.78, 5) is 30.9. The van der Waals surface area contributed by atoms with Crippen LogP contribution in [0.4, 0.5) is 5.69 Å². The van der Waals surface area contributed by atoms with Crippen LogP contribution in [0.15, 0.2) is 47.5 Å². The number of carbonyl (C=O) groups excluding carboxylic acids is 2. The maximum Gasteiger partial charge on any atom is 0.279 e. The van der Waals surface area contributed by atoms with Crippen molar-refractivity contribution >= 4 is 44.1 Å². The first-order valence-electron chi connectivity index (χ1n) is 9.61. The number of aliphatic imine (C=N–C) groups is 1. The minimum Gasteiger partial charge on any atom is -0.454 e. The molecule has 3 heterocycles. The number of ether oxygens (including phenoxy) is 2. The van der Waals surface area contributed by atoms with Crippen LogP contribution in [0.1, 0.15) is 27.6 Å². The number of rotatable bonds is 3. The fraction of sp³-hybridized carbons (Fsp3) is 0.286. The van der Waals surface area contributed by atoms with E-state index in [2.05, 4.69) is 4.99 Å². The number of anilines is 1. The smallest absolute Gasteiger partial charge is 0.279 e. The highest BCUT2D eigenvalue weighted by Crippen LogP contribution is 2.41. The number of Topliss-reactive ketones (excluding diaryl/α,β-unsaturated/α-hetero) is 1. The first-order chi connectivity index (χ1) is 14.8. The van der Waals surface area contributed by atoms with Crippen molar-refractivity contribution in [3.05, 3.63) is 53.6 Å². The van der Waals surface area contributed by atoms with Crippen molar-refractivity contribution in [2.75, 3.05) is 23.2 Å². The van der Waals surface area contributed by atoms with Gasteiger partial charge in [0, 0.05) is 22.1 Å². The van der Waals surface area contributed by atoms with Crippen molar-refractivity contribution in [2.24, 2.45) is 4.99 Å². The zero-order valence-corrected chi connectivity index (χ0v) is 18.1. The topological polar surface area (TPSA) is 102 Å². The third kappa shape index (κ3) is 3.70. The van der Waals surface area contributed by atoms with Crippen LogP contribution in [0.2, 0.25) is 0 Å². The number of fused-ring (bicyclic) bond motifs is 2. The number of amidine groups is 1. The SMILES string of the molecule is CC(=O)c1cccc(N2C(=NC(=O)c3ccc4c(c3)OCO4)SC3CS(=O)(=O)CC32)c1. The normalized spacial score (nSPS) is 24.4. The summed E-state index contributed by atoms with van der Waals surface area (Å²) in [7, 11) is -3.18. The number of nitrogens with zero attached hydrogens (tertiary/aromatic N) is 2. The van der Waals surface area contributed by atoms with Crippen molar-refractivity contribution < 1.29 is 27.5 Å². The van der Waals surface area contributed by atoms with Gasteiger partial charge < -0.3 is 14.4 Å². The van der Waals surface area contributed by atoms with Crippen molar-refractivity contribution in [1.29, 1.82) is 0 Å². The van der Waals surface area contributed by atoms with Crippen molar-refractivity contribution in [3.63, 3.8) is 0 Å². The van der Waals surface area contributed by atoms with E-state index in [1.54, 1.807) is 47.4 Å². The van der Waals surface area contributed by atoms with Gasteiger partial charge in [0.15, 0.2) is 32.3 Å². The predicted octanol–water partition coefficient (Wildman–Crippen LogP) is 2.53. The first kappa shape index (κ1) is 20.1. The summed E-state index contributed by atoms with van der Waals surface area (Å²) in [6, 6.07) is 11.5. The van der Waals surface area contributed by atoms with Gasteiger partial charge in [0.25, 0.3) is 5.91 Å². The predicted molar refractivity (Wildman–Crippen MR) is 117 cm³/mol. The van der Waals surface area contributed by atoms with E-state index in [9.17, 15) is 18.0 Å². The van der Waals surface area contributed by atoms with E-state index in [1.807, 2.05) is 0 Å². The number of amides is 1. The van der Waals surface area contributed by atoms with Gasteiger partial charge in [-0.3, -0.25) is 9.59 Å². The van der Waals surface area contributed by atoms with Gasteiger partial charge in [0.05, 0.1) is 17.5 Å². The Morgan fingerprint density at radius 3 is 2.68 bits per heavy atom. The molecule has 3 aliphatic rings. The van der Waals surface area contributed by atoms with E-state index in [-0.39, 0.29) is 35.4 Å². The second kappa shape index (κ2) is 7.38. The molecule has 2 saturated heterocycles. The van der Waals surface area contributed by atoms with Crippen LogP contribution in [0.3, 0.4) is 0 Å². The Labute approximate surface area is 183 Å². The van der Waals surface area contributed by atoms with Gasteiger partial charge in [-0.1, -0.05) is 23.9 Å². The molecule has 8 nitrogen and oxygen atoms in total. The largest absolute Gasteiger partial charge is 0.454 e. The Morgan fingerprint density at radius 2 is 1.87 bits per heavy atom. The number of ketones is 1. The number of hydrogen-bond acceptors (Lipinski definition) is 7. The summed E-state index contributed by atoms with van der Waals surface area (Å²) in [5, 5.41) is 0.197. The summed E-state index contributed by atoms with van der Waals surface area (Å²) in [6.45, 7) is 1.58. The Hall–Kier alpha value is -2.85. The molecule has 0 radical (unpaired) electrons. The van der Waals surface area contributed by atoms with E-state index in [1.165, 1.54) is 18.7 Å². The van der Waals surface area contributed by atoms with Gasteiger partial charge >= 0.3 is 0 Å². The Balaban J connectivity index is 1.53. The highest BCUT2D eigenvalue weighted by molar-refractivity contribution is 8.16. The van der Waals surface area contributed by atoms with Gasteiger partial charge in [-0.05, 0) is 37.3 Å². The lowest BCUT2D eigenvalue weighted by molar-refractivity contribution is 0.0998. The van der Waals surface area contributed by atoms with Crippen LogP contribution in [0.5, 0.6) is 11.5 Å². The summed E-state index contributed by atoms with van der Waals surface area (Å²) < 4.78 is 35.1. The van der Waals surface area contributed by atoms with Crippen LogP contribution in [0.25, 0.3) is 0 Å². The van der Waals surface area contributed by atoms with E-state index in [4.69, 9.17) is 9.47 Å². The van der Waals surface area contributed by atoms with E-state index in [0.29, 0.717) is 33.5 Å². The van der Waals surface area contributed by atoms with E-state index >= 15 is 0 Å². The Kier molecular flexibility index (Phi) is 4.78. The van der Waals surface area contributed by atoms with Crippen LogP contribution >= 0.6 is 11.8 Å². The summed E-state index contributed by atoms with van der Waals surface area (Å²) in [6.07, 6.45) is 0. The average Bonchev–Trinajstić information content (AvgIpc) is 3.39. The molecule has 31 heavy (non-hydrogen) atoms. The highest BCUT2D eigenvalue weighted by Gasteiger charge is 2.49. The third-order valence-electron chi connectivity index (χ3n) is 5.41. The zero-order valence-electron chi connectivity index (χ0n) is 16.5. The van der Waals surface area contributed by atoms with Gasteiger partial charge in [-0.2, -0.15) is 4.99 Å². The summed E-state index contributed by atoms with van der Waals surface area (Å²) in [5.41, 5.74) is 1.50. The molecule has 2 fully saturated rings. The second-order valence-electron chi connectivity index (χ2n) is 7.54. The van der Waals surface area contributed by atoms with Crippen LogP contribution in [0, 0.1) is 0 Å². The maximum absolute atomic E-state index is 12.9. The fourth-order valence-electron chi connectivity index (χ4n) is 3.92. The fourth-order valence-corrected chi connectivity index (χ4v) is 7.83. The lowest BCUT2D eigenvalue weighted by Crippen LogP contribution is -2.37. The number of hydrogen-bond donors (Lipinski definition) is 0. The molecule has 0 aliphatic carbocycles. The van der Waals surface area contributed by atoms with Gasteiger partial charge in [-0.25, -0.2) is 8.42 Å². The van der Waals surface area contributed by atoms with Crippen molar-refractivity contribution in [3.8, 4) is 11.5 Å². The highest BCUT2D eigenvalue weighted by atomic mass is 32.2. The van der Waals surface area contributed by atoms with Crippen molar-refractivity contribution in [1.82, 2.24) is 0 Å². The molecule has 1 amide bonds. The van der Waals surface area contributed by atoms with Gasteiger partial charge in [-0.15, -0.1) is 0 Å². The first-order valence-corrected chi connectivity index (χ1v) is 12.3. The molecule has 160 valence electrons. The lowest BCUT2D eigenvalue weighted by atomic mass is 10.1. The van der Waals surface area contributed by atoms with Gasteiger partial charge in [0.2, 0.25) is 6.79 Å². The number of thioether (sulfide) groups is 1. The molecular formula is C21H18N2O6S2. The standard InChI is InChI=1S/C21H18N2O6S2/c1-12(24)13-3-2-4-15(7-13)23-16-9-31(26,27)10-19(16)30-21(23)22-20(25)14-5-6-17-18(8-14)29-11-28-17/h2-8,16,19H,9-11H2,1H3. The third-order valence-corrected chi connectivity index (χ3v) is 8.62. The molecule has 3 aliphatic heterocycles. The molecule has 5 rings (SSSR count). The van der Waals surface area contributed by atoms with Crippen LogP contribution in [-0.2, 0) is 9.84 Å². The van der Waals surface area contributed by atoms with Crippen LogP contribution < -0.4 is 14.4 Å². The quantitative estimate of drug-likeness (QED) is 0.647. The number of carbonyl (C=O) groups is 2. The molecule has 0 N–H and O–H groups in total. The van der Waals surface area contributed by atoms with Crippen LogP contribution in [-0.4, -0.2) is 54.9 Å². The molecule has 0 bridgehead atoms. The van der Waals surface area contributed by atoms with Crippen molar-refractivity contribution in [2.45, 2.75) is 18.2 Å². The minimum absolute atomic E-state index is 0.0216. The summed E-state index contributed by atoms with van der Waals surface area (Å²) in [5.74, 6) is 0.505. The Morgan fingerprint density at radius 1 is 1.06 bits per heavy atom. The Bertz CT molecular complexity index is 1240.